The van der Waals surface area contributed by atoms with Gasteiger partial charge in [0.2, 0.25) is 5.91 Å². The zero-order chi connectivity index (χ0) is 24.1. The van der Waals surface area contributed by atoms with E-state index in [1.807, 2.05) is 30.5 Å². The van der Waals surface area contributed by atoms with Crippen molar-refractivity contribution in [3.8, 4) is 11.1 Å². The third-order valence-corrected chi connectivity index (χ3v) is 6.79. The summed E-state index contributed by atoms with van der Waals surface area (Å²) in [6.45, 7) is 0.418. The van der Waals surface area contributed by atoms with Crippen LogP contribution in [0.5, 0.6) is 0 Å². The number of hydrogen-bond acceptors (Lipinski definition) is 6. The van der Waals surface area contributed by atoms with Crippen molar-refractivity contribution in [2.24, 2.45) is 0 Å². The number of carboxylic acids is 1. The number of likely N-dealkylation sites (tertiary alicyclic amines) is 1. The Morgan fingerprint density at radius 2 is 1.71 bits per heavy atom. The molecule has 0 spiro atoms. The highest BCUT2D eigenvalue weighted by molar-refractivity contribution is 7.98. The van der Waals surface area contributed by atoms with E-state index in [-0.39, 0.29) is 31.1 Å². The molecule has 1 aliphatic carbocycles. The first-order valence-corrected chi connectivity index (χ1v) is 12.6. The summed E-state index contributed by atoms with van der Waals surface area (Å²) in [6, 6.07) is 15.5. The number of thioether (sulfide) groups is 1. The molecule has 8 nitrogen and oxygen atoms in total. The summed E-state index contributed by atoms with van der Waals surface area (Å²) in [6.07, 6.45) is 1.49. The van der Waals surface area contributed by atoms with E-state index in [9.17, 15) is 14.4 Å². The Kier molecular flexibility index (Phi) is 7.74. The molecule has 1 aliphatic heterocycles. The van der Waals surface area contributed by atoms with Gasteiger partial charge in [-0.3, -0.25) is 4.79 Å². The molecule has 4 rings (SSSR count). The second-order valence-electron chi connectivity index (χ2n) is 8.37. The first-order chi connectivity index (χ1) is 16.5. The van der Waals surface area contributed by atoms with Crippen molar-refractivity contribution < 1.29 is 29.0 Å². The molecule has 1 atom stereocenters. The molecule has 1 heterocycles. The second-order valence-corrected chi connectivity index (χ2v) is 9.36. The molecule has 180 valence electrons. The van der Waals surface area contributed by atoms with Crippen LogP contribution in [0, 0.1) is 0 Å². The Morgan fingerprint density at radius 3 is 2.29 bits per heavy atom. The Balaban J connectivity index is 1.34. The SMILES string of the molecule is CSCC[C@H](NC(=O)OCC1c2ccccc2-c2ccccc21)C(=O)N1CC(OCC(=O)O)C1. The third kappa shape index (κ3) is 5.37. The Bertz CT molecular complexity index is 1010. The van der Waals surface area contributed by atoms with Crippen LogP contribution < -0.4 is 5.32 Å². The molecule has 1 saturated heterocycles. The minimum atomic E-state index is -1.04. The van der Waals surface area contributed by atoms with Crippen LogP contribution in [-0.4, -0.2) is 78.4 Å². The average molecular weight is 485 g/mol. The molecule has 0 bridgehead atoms. The normalized spacial score (nSPS) is 15.7. The second kappa shape index (κ2) is 10.9. The number of benzene rings is 2. The van der Waals surface area contributed by atoms with Gasteiger partial charge in [0, 0.05) is 19.0 Å². The third-order valence-electron chi connectivity index (χ3n) is 6.15. The average Bonchev–Trinajstić information content (AvgIpc) is 3.12. The van der Waals surface area contributed by atoms with Gasteiger partial charge in [-0.25, -0.2) is 9.59 Å². The largest absolute Gasteiger partial charge is 0.480 e. The molecule has 2 amide bonds. The number of aliphatic carboxylic acids is 1. The molecule has 0 aromatic heterocycles. The van der Waals surface area contributed by atoms with E-state index >= 15 is 0 Å². The van der Waals surface area contributed by atoms with Crippen LogP contribution in [0.15, 0.2) is 48.5 Å². The number of carboxylic acid groups (broad SMARTS) is 1. The van der Waals surface area contributed by atoms with Crippen molar-refractivity contribution in [3.05, 3.63) is 59.7 Å². The van der Waals surface area contributed by atoms with Crippen LogP contribution >= 0.6 is 11.8 Å². The number of nitrogens with one attached hydrogen (secondary N) is 1. The number of amides is 2. The van der Waals surface area contributed by atoms with Crippen LogP contribution in [0.3, 0.4) is 0 Å². The summed E-state index contributed by atoms with van der Waals surface area (Å²) >= 11 is 1.59. The fourth-order valence-electron chi connectivity index (χ4n) is 4.41. The molecule has 2 N–H and O–H groups in total. The van der Waals surface area contributed by atoms with Crippen molar-refractivity contribution >= 4 is 29.7 Å². The van der Waals surface area contributed by atoms with Gasteiger partial charge in [0.1, 0.15) is 19.3 Å². The van der Waals surface area contributed by atoms with E-state index in [0.29, 0.717) is 25.3 Å². The smallest absolute Gasteiger partial charge is 0.407 e. The Labute approximate surface area is 202 Å². The van der Waals surface area contributed by atoms with Gasteiger partial charge in [-0.2, -0.15) is 11.8 Å². The Morgan fingerprint density at radius 1 is 1.09 bits per heavy atom. The van der Waals surface area contributed by atoms with Gasteiger partial charge in [-0.1, -0.05) is 48.5 Å². The van der Waals surface area contributed by atoms with Crippen LogP contribution in [-0.2, 0) is 19.1 Å². The standard InChI is InChI=1S/C25H28N2O6S/c1-34-11-10-22(24(30)27-12-16(13-27)32-15-23(28)29)26-25(31)33-14-21-19-8-4-2-6-17(19)18-7-3-5-9-20(18)21/h2-9,16,21-22H,10-15H2,1H3,(H,26,31)(H,28,29)/t22-/m0/s1. The number of alkyl carbamates (subject to hydrolysis) is 1. The van der Waals surface area contributed by atoms with Gasteiger partial charge in [0.25, 0.3) is 0 Å². The molecular weight excluding hydrogens is 456 g/mol. The van der Waals surface area contributed by atoms with Crippen molar-refractivity contribution in [2.45, 2.75) is 24.5 Å². The molecule has 0 radical (unpaired) electrons. The maximum absolute atomic E-state index is 12.9. The summed E-state index contributed by atoms with van der Waals surface area (Å²) in [5.74, 6) is -0.606. The molecule has 1 fully saturated rings. The first-order valence-electron chi connectivity index (χ1n) is 11.2. The lowest BCUT2D eigenvalue weighted by atomic mass is 9.98. The van der Waals surface area contributed by atoms with Gasteiger partial charge in [-0.05, 0) is 40.7 Å². The van der Waals surface area contributed by atoms with Crippen LogP contribution in [0.2, 0.25) is 0 Å². The van der Waals surface area contributed by atoms with E-state index in [2.05, 4.69) is 29.6 Å². The minimum Gasteiger partial charge on any atom is -0.480 e. The highest BCUT2D eigenvalue weighted by Gasteiger charge is 2.36. The maximum Gasteiger partial charge on any atom is 0.407 e. The lowest BCUT2D eigenvalue weighted by molar-refractivity contribution is -0.155. The van der Waals surface area contributed by atoms with Crippen molar-refractivity contribution in [3.63, 3.8) is 0 Å². The lowest BCUT2D eigenvalue weighted by Gasteiger charge is -2.40. The monoisotopic (exact) mass is 484 g/mol. The van der Waals surface area contributed by atoms with Crippen LogP contribution in [0.1, 0.15) is 23.5 Å². The maximum atomic E-state index is 12.9. The molecule has 2 aromatic rings. The number of nitrogens with zero attached hydrogens (tertiary/aromatic N) is 1. The van der Waals surface area contributed by atoms with E-state index in [4.69, 9.17) is 14.6 Å². The molecule has 0 unspecified atom stereocenters. The molecule has 9 heteroatoms. The zero-order valence-electron chi connectivity index (χ0n) is 18.9. The molecule has 34 heavy (non-hydrogen) atoms. The summed E-state index contributed by atoms with van der Waals surface area (Å²) in [4.78, 5) is 37.8. The number of carbonyl (C=O) groups is 3. The van der Waals surface area contributed by atoms with E-state index in [1.54, 1.807) is 16.7 Å². The fourth-order valence-corrected chi connectivity index (χ4v) is 4.88. The van der Waals surface area contributed by atoms with Gasteiger partial charge >= 0.3 is 12.1 Å². The van der Waals surface area contributed by atoms with E-state index in [1.165, 1.54) is 0 Å². The topological polar surface area (TPSA) is 105 Å². The number of carbonyl (C=O) groups excluding carboxylic acids is 2. The summed E-state index contributed by atoms with van der Waals surface area (Å²) in [7, 11) is 0. The first kappa shape index (κ1) is 24.1. The summed E-state index contributed by atoms with van der Waals surface area (Å²) in [5, 5.41) is 11.4. The highest BCUT2D eigenvalue weighted by Crippen LogP contribution is 2.44. The predicted octanol–water partition coefficient (Wildman–Crippen LogP) is 2.96. The molecule has 2 aliphatic rings. The number of fused-ring (bicyclic) bond motifs is 3. The zero-order valence-corrected chi connectivity index (χ0v) is 19.8. The molecular formula is C25H28N2O6S. The van der Waals surface area contributed by atoms with E-state index < -0.39 is 18.1 Å². The van der Waals surface area contributed by atoms with Crippen molar-refractivity contribution in [1.29, 1.82) is 0 Å². The minimum absolute atomic E-state index is 0.0546. The summed E-state index contributed by atoms with van der Waals surface area (Å²) < 4.78 is 10.8. The van der Waals surface area contributed by atoms with Crippen LogP contribution in [0.4, 0.5) is 4.79 Å². The van der Waals surface area contributed by atoms with Crippen molar-refractivity contribution in [1.82, 2.24) is 10.2 Å². The molecule has 0 saturated carbocycles. The lowest BCUT2D eigenvalue weighted by Crippen LogP contribution is -2.60. The van der Waals surface area contributed by atoms with E-state index in [0.717, 1.165) is 22.3 Å². The number of hydrogen-bond donors (Lipinski definition) is 2. The Hall–Kier alpha value is -3.04. The number of ether oxygens (including phenoxy) is 2. The molecule has 2 aromatic carbocycles. The predicted molar refractivity (Wildman–Crippen MR) is 129 cm³/mol. The van der Waals surface area contributed by atoms with Gasteiger partial charge < -0.3 is 24.8 Å². The number of rotatable bonds is 10. The summed E-state index contributed by atoms with van der Waals surface area (Å²) in [5.41, 5.74) is 4.55. The quantitative estimate of drug-likeness (QED) is 0.534. The van der Waals surface area contributed by atoms with Gasteiger partial charge in [-0.15, -0.1) is 0 Å². The fraction of sp³-hybridized carbons (Fsp3) is 0.400. The van der Waals surface area contributed by atoms with Crippen LogP contribution in [0.25, 0.3) is 11.1 Å². The van der Waals surface area contributed by atoms with Crippen molar-refractivity contribution in [2.75, 3.05) is 38.3 Å². The van der Waals surface area contributed by atoms with Gasteiger partial charge in [0.05, 0.1) is 6.10 Å². The highest BCUT2D eigenvalue weighted by atomic mass is 32.2. The van der Waals surface area contributed by atoms with Gasteiger partial charge in [0.15, 0.2) is 0 Å².